The molecule has 0 aliphatic heterocycles. The van der Waals surface area contributed by atoms with E-state index in [-0.39, 0.29) is 22.9 Å². The fraction of sp³-hybridized carbons (Fsp3) is 0.263. The molecule has 0 atom stereocenters. The molecule has 3 amide bonds. The molecule has 0 heterocycles. The van der Waals surface area contributed by atoms with E-state index in [4.69, 9.17) is 5.14 Å². The average Bonchev–Trinajstić information content (AvgIpc) is 2.60. The molecular formula is C19H24N4O4S. The van der Waals surface area contributed by atoms with Gasteiger partial charge in [0.2, 0.25) is 10.0 Å². The van der Waals surface area contributed by atoms with Gasteiger partial charge in [-0.15, -0.1) is 0 Å². The summed E-state index contributed by atoms with van der Waals surface area (Å²) in [5.74, 6) is -0.388. The normalized spacial score (nSPS) is 11.2. The number of primary sulfonamides is 1. The third-order valence-electron chi connectivity index (χ3n) is 3.84. The minimum atomic E-state index is -3.87. The number of nitrogens with two attached hydrogens (primary N) is 1. The van der Waals surface area contributed by atoms with Crippen LogP contribution in [0.4, 0.5) is 10.5 Å². The maximum absolute atomic E-state index is 12.4. The highest BCUT2D eigenvalue weighted by Crippen LogP contribution is 2.19. The first-order valence-electron chi connectivity index (χ1n) is 8.64. The van der Waals surface area contributed by atoms with E-state index in [0.29, 0.717) is 23.4 Å². The molecule has 9 heteroatoms. The minimum Gasteiger partial charge on any atom is -0.336 e. The van der Waals surface area contributed by atoms with Crippen molar-refractivity contribution in [2.45, 2.75) is 38.3 Å². The summed E-state index contributed by atoms with van der Waals surface area (Å²) in [4.78, 5) is 23.9. The average molecular weight is 404 g/mol. The second kappa shape index (κ2) is 8.85. The molecule has 0 fully saturated rings. The zero-order chi connectivity index (χ0) is 20.9. The van der Waals surface area contributed by atoms with Gasteiger partial charge in [0.25, 0.3) is 5.91 Å². The predicted octanol–water partition coefficient (Wildman–Crippen LogP) is 2.10. The number of hydrogen-bond donors (Lipinski definition) is 4. The summed E-state index contributed by atoms with van der Waals surface area (Å²) in [6.45, 7) is 5.69. The number of aryl methyl sites for hydroxylation is 1. The first kappa shape index (κ1) is 21.4. The Morgan fingerprint density at radius 1 is 1.07 bits per heavy atom. The summed E-state index contributed by atoms with van der Waals surface area (Å²) >= 11 is 0. The molecule has 0 saturated heterocycles. The van der Waals surface area contributed by atoms with Crippen LogP contribution in [0, 0.1) is 6.92 Å². The zero-order valence-electron chi connectivity index (χ0n) is 15.9. The number of urea groups is 1. The lowest BCUT2D eigenvalue weighted by Gasteiger charge is -2.11. The van der Waals surface area contributed by atoms with Crippen molar-refractivity contribution >= 4 is 27.6 Å². The Balaban J connectivity index is 2.03. The summed E-state index contributed by atoms with van der Waals surface area (Å²) in [7, 11) is -3.87. The number of rotatable bonds is 6. The second-order valence-corrected chi connectivity index (χ2v) is 8.19. The van der Waals surface area contributed by atoms with Gasteiger partial charge in [-0.05, 0) is 56.2 Å². The Bertz CT molecular complexity index is 970. The quantitative estimate of drug-likeness (QED) is 0.587. The molecule has 0 aromatic heterocycles. The topological polar surface area (TPSA) is 130 Å². The van der Waals surface area contributed by atoms with Crippen molar-refractivity contribution in [2.24, 2.45) is 5.14 Å². The van der Waals surface area contributed by atoms with Crippen molar-refractivity contribution in [1.82, 2.24) is 10.6 Å². The lowest BCUT2D eigenvalue weighted by atomic mass is 10.1. The van der Waals surface area contributed by atoms with Crippen LogP contribution in [-0.2, 0) is 16.6 Å². The summed E-state index contributed by atoms with van der Waals surface area (Å²) in [6, 6.07) is 11.0. The van der Waals surface area contributed by atoms with Crippen LogP contribution < -0.4 is 21.1 Å². The fourth-order valence-corrected chi connectivity index (χ4v) is 3.27. The summed E-state index contributed by atoms with van der Waals surface area (Å²) in [5, 5.41) is 13.3. The highest BCUT2D eigenvalue weighted by molar-refractivity contribution is 7.89. The molecule has 0 aliphatic rings. The summed E-state index contributed by atoms with van der Waals surface area (Å²) < 4.78 is 23.2. The lowest BCUT2D eigenvalue weighted by Crippen LogP contribution is -2.39. The third-order valence-corrected chi connectivity index (χ3v) is 4.89. The molecule has 0 spiro atoms. The molecule has 2 rings (SSSR count). The summed E-state index contributed by atoms with van der Waals surface area (Å²) in [5.41, 5.74) is 2.06. The van der Waals surface area contributed by atoms with Gasteiger partial charge in [0.1, 0.15) is 0 Å². The van der Waals surface area contributed by atoms with Gasteiger partial charge in [-0.1, -0.05) is 18.2 Å². The number of carbonyl (C=O) groups is 2. The monoisotopic (exact) mass is 404 g/mol. The van der Waals surface area contributed by atoms with Crippen molar-refractivity contribution in [2.75, 3.05) is 5.32 Å². The van der Waals surface area contributed by atoms with Crippen molar-refractivity contribution in [3.05, 3.63) is 59.2 Å². The van der Waals surface area contributed by atoms with Crippen LogP contribution in [0.3, 0.4) is 0 Å². The van der Waals surface area contributed by atoms with Crippen LogP contribution in [0.1, 0.15) is 35.3 Å². The highest BCUT2D eigenvalue weighted by atomic mass is 32.2. The van der Waals surface area contributed by atoms with Gasteiger partial charge in [0.05, 0.1) is 4.90 Å². The highest BCUT2D eigenvalue weighted by Gasteiger charge is 2.14. The van der Waals surface area contributed by atoms with Crippen LogP contribution in [0.5, 0.6) is 0 Å². The van der Waals surface area contributed by atoms with Gasteiger partial charge in [-0.2, -0.15) is 0 Å². The van der Waals surface area contributed by atoms with Crippen LogP contribution in [0.15, 0.2) is 47.4 Å². The van der Waals surface area contributed by atoms with Crippen LogP contribution in [-0.4, -0.2) is 26.4 Å². The van der Waals surface area contributed by atoms with Crippen molar-refractivity contribution in [1.29, 1.82) is 0 Å². The molecule has 0 aliphatic carbocycles. The van der Waals surface area contributed by atoms with E-state index >= 15 is 0 Å². The van der Waals surface area contributed by atoms with Crippen LogP contribution in [0.2, 0.25) is 0 Å². The fourth-order valence-electron chi connectivity index (χ4n) is 2.46. The molecule has 8 nitrogen and oxygen atoms in total. The van der Waals surface area contributed by atoms with Crippen LogP contribution in [0.25, 0.3) is 0 Å². The largest absolute Gasteiger partial charge is 0.336 e. The molecule has 2 aromatic rings. The van der Waals surface area contributed by atoms with E-state index in [1.807, 2.05) is 13.8 Å². The maximum atomic E-state index is 12.4. The smallest absolute Gasteiger partial charge is 0.315 e. The molecule has 0 bridgehead atoms. The molecule has 150 valence electrons. The number of anilines is 1. The SMILES string of the molecule is Cc1ccc(NC(=O)c2ccc(CNC(=O)NC(C)C)cc2)cc1S(N)(=O)=O. The molecule has 0 radical (unpaired) electrons. The standard InChI is InChI=1S/C19H24N4O4S/c1-12(2)22-19(25)21-11-14-5-7-15(8-6-14)18(24)23-16-9-4-13(3)17(10-16)28(20,26)27/h4-10,12H,11H2,1-3H3,(H,23,24)(H2,20,26,27)(H2,21,22,25). The lowest BCUT2D eigenvalue weighted by molar-refractivity contribution is 0.102. The molecule has 2 aromatic carbocycles. The third kappa shape index (κ3) is 6.07. The van der Waals surface area contributed by atoms with Gasteiger partial charge in [-0.3, -0.25) is 4.79 Å². The number of sulfonamides is 1. The Kier molecular flexibility index (Phi) is 6.76. The van der Waals surface area contributed by atoms with Crippen molar-refractivity contribution in [3.8, 4) is 0 Å². The summed E-state index contributed by atoms with van der Waals surface area (Å²) in [6.07, 6.45) is 0. The van der Waals surface area contributed by atoms with Gasteiger partial charge in [0, 0.05) is 23.8 Å². The van der Waals surface area contributed by atoms with E-state index < -0.39 is 10.0 Å². The number of amides is 3. The van der Waals surface area contributed by atoms with Crippen molar-refractivity contribution < 1.29 is 18.0 Å². The van der Waals surface area contributed by atoms with Gasteiger partial charge < -0.3 is 16.0 Å². The minimum absolute atomic E-state index is 0.0357. The van der Waals surface area contributed by atoms with Crippen molar-refractivity contribution in [3.63, 3.8) is 0 Å². The molecule has 0 saturated carbocycles. The Hall–Kier alpha value is -2.91. The number of carbonyl (C=O) groups excluding carboxylic acids is 2. The van der Waals surface area contributed by atoms with Gasteiger partial charge in [0.15, 0.2) is 0 Å². The number of benzene rings is 2. The van der Waals surface area contributed by atoms with E-state index in [1.165, 1.54) is 6.07 Å². The first-order chi connectivity index (χ1) is 13.1. The van der Waals surface area contributed by atoms with E-state index in [0.717, 1.165) is 5.56 Å². The maximum Gasteiger partial charge on any atom is 0.315 e. The molecule has 5 N–H and O–H groups in total. The second-order valence-electron chi connectivity index (χ2n) is 6.66. The molecule has 28 heavy (non-hydrogen) atoms. The van der Waals surface area contributed by atoms with E-state index in [2.05, 4.69) is 16.0 Å². The number of nitrogens with one attached hydrogen (secondary N) is 3. The Labute approximate surface area is 164 Å². The Morgan fingerprint density at radius 2 is 1.71 bits per heavy atom. The molecular weight excluding hydrogens is 380 g/mol. The predicted molar refractivity (Wildman–Crippen MR) is 107 cm³/mol. The van der Waals surface area contributed by atoms with E-state index in [1.54, 1.807) is 43.3 Å². The Morgan fingerprint density at radius 3 is 2.29 bits per heavy atom. The van der Waals surface area contributed by atoms with Gasteiger partial charge in [-0.25, -0.2) is 18.4 Å². The van der Waals surface area contributed by atoms with E-state index in [9.17, 15) is 18.0 Å². The number of hydrogen-bond acceptors (Lipinski definition) is 4. The molecule has 0 unspecified atom stereocenters. The zero-order valence-corrected chi connectivity index (χ0v) is 16.8. The van der Waals surface area contributed by atoms with Gasteiger partial charge >= 0.3 is 6.03 Å². The first-order valence-corrected chi connectivity index (χ1v) is 10.2. The van der Waals surface area contributed by atoms with Crippen LogP contribution >= 0.6 is 0 Å².